The van der Waals surface area contributed by atoms with Crippen LogP contribution in [0.15, 0.2) is 61.7 Å². The third kappa shape index (κ3) is 7.30. The third-order valence-electron chi connectivity index (χ3n) is 5.21. The van der Waals surface area contributed by atoms with Crippen molar-refractivity contribution in [1.29, 1.82) is 0 Å². The number of ether oxygens (including phenoxy) is 2. The number of aromatic nitrogens is 6. The molecule has 38 heavy (non-hydrogen) atoms. The van der Waals surface area contributed by atoms with Crippen LogP contribution in [-0.4, -0.2) is 60.9 Å². The second-order valence-corrected chi connectivity index (χ2v) is 9.57. The quantitative estimate of drug-likeness (QED) is 0.220. The lowest BCUT2D eigenvalue weighted by Gasteiger charge is -2.18. The van der Waals surface area contributed by atoms with E-state index in [9.17, 15) is 0 Å². The molecule has 200 valence electrons. The molecule has 0 amide bonds. The van der Waals surface area contributed by atoms with Crippen molar-refractivity contribution in [2.45, 2.75) is 32.4 Å². The van der Waals surface area contributed by atoms with Crippen LogP contribution in [0.4, 0.5) is 5.95 Å². The SMILES string of the molecule is C=CCO.COc1cccc(OC)c1-n1c(NSC(C)Cc2ncc(C)cn2)nnc1-c1cncc(C)c1. The summed E-state index contributed by atoms with van der Waals surface area (Å²) >= 11 is 1.53. The number of anilines is 1. The molecule has 1 unspecified atom stereocenters. The van der Waals surface area contributed by atoms with Gasteiger partial charge in [-0.2, -0.15) is 0 Å². The number of para-hydroxylation sites is 1. The number of methoxy groups -OCH3 is 2. The first kappa shape index (κ1) is 28.6. The number of hydrogen-bond donors (Lipinski definition) is 2. The molecule has 0 aliphatic heterocycles. The van der Waals surface area contributed by atoms with E-state index in [2.05, 4.69) is 43.4 Å². The van der Waals surface area contributed by atoms with E-state index < -0.39 is 0 Å². The van der Waals surface area contributed by atoms with E-state index in [0.29, 0.717) is 35.4 Å². The molecule has 4 aromatic rings. The molecule has 0 saturated heterocycles. The number of aryl methyl sites for hydroxylation is 2. The van der Waals surface area contributed by atoms with E-state index in [1.807, 2.05) is 55.1 Å². The number of aliphatic hydroxyl groups is 1. The zero-order valence-electron chi connectivity index (χ0n) is 22.3. The van der Waals surface area contributed by atoms with Crippen molar-refractivity contribution in [2.24, 2.45) is 0 Å². The smallest absolute Gasteiger partial charge is 0.239 e. The number of aliphatic hydroxyl groups excluding tert-OH is 1. The largest absolute Gasteiger partial charge is 0.494 e. The van der Waals surface area contributed by atoms with Crippen molar-refractivity contribution >= 4 is 17.9 Å². The van der Waals surface area contributed by atoms with Gasteiger partial charge in [-0.05, 0) is 55.1 Å². The van der Waals surface area contributed by atoms with Crippen LogP contribution in [0.5, 0.6) is 11.5 Å². The van der Waals surface area contributed by atoms with Crippen molar-refractivity contribution < 1.29 is 14.6 Å². The lowest BCUT2D eigenvalue weighted by Crippen LogP contribution is -2.11. The van der Waals surface area contributed by atoms with Gasteiger partial charge < -0.3 is 14.6 Å². The Bertz CT molecular complexity index is 1310. The summed E-state index contributed by atoms with van der Waals surface area (Å²) in [6.07, 6.45) is 9.37. The second-order valence-electron chi connectivity index (χ2n) is 8.33. The minimum absolute atomic E-state index is 0.0833. The fourth-order valence-electron chi connectivity index (χ4n) is 3.46. The molecule has 0 spiro atoms. The molecule has 0 bridgehead atoms. The van der Waals surface area contributed by atoms with Crippen LogP contribution in [0.25, 0.3) is 17.1 Å². The summed E-state index contributed by atoms with van der Waals surface area (Å²) in [5, 5.41) is 16.9. The Balaban J connectivity index is 0.000000934. The average molecular weight is 536 g/mol. The van der Waals surface area contributed by atoms with Crippen LogP contribution >= 0.6 is 11.9 Å². The van der Waals surface area contributed by atoms with Crippen LogP contribution in [0.1, 0.15) is 23.9 Å². The van der Waals surface area contributed by atoms with Gasteiger partial charge in [0.1, 0.15) is 23.0 Å². The minimum atomic E-state index is 0.0833. The first-order valence-electron chi connectivity index (χ1n) is 11.9. The summed E-state index contributed by atoms with van der Waals surface area (Å²) < 4.78 is 16.6. The molecule has 1 atom stereocenters. The van der Waals surface area contributed by atoms with Crippen molar-refractivity contribution in [3.63, 3.8) is 0 Å². The van der Waals surface area contributed by atoms with E-state index in [1.165, 1.54) is 18.0 Å². The molecule has 0 aliphatic rings. The zero-order valence-corrected chi connectivity index (χ0v) is 23.1. The molecule has 2 N–H and O–H groups in total. The van der Waals surface area contributed by atoms with E-state index in [4.69, 9.17) is 14.6 Å². The van der Waals surface area contributed by atoms with Gasteiger partial charge in [-0.1, -0.05) is 19.1 Å². The molecule has 0 fully saturated rings. The summed E-state index contributed by atoms with van der Waals surface area (Å²) in [4.78, 5) is 13.2. The van der Waals surface area contributed by atoms with Gasteiger partial charge in [0.05, 0.1) is 20.8 Å². The third-order valence-corrected chi connectivity index (χ3v) is 6.08. The second kappa shape index (κ2) is 14.1. The maximum Gasteiger partial charge on any atom is 0.239 e. The highest BCUT2D eigenvalue weighted by atomic mass is 32.2. The summed E-state index contributed by atoms with van der Waals surface area (Å²) in [5.41, 5.74) is 3.60. The lowest BCUT2D eigenvalue weighted by molar-refractivity contribution is 0.343. The molecule has 0 radical (unpaired) electrons. The monoisotopic (exact) mass is 535 g/mol. The van der Waals surface area contributed by atoms with E-state index in [0.717, 1.165) is 22.5 Å². The fraction of sp³-hybridized carbons (Fsp3) is 0.296. The van der Waals surface area contributed by atoms with Crippen molar-refractivity contribution in [3.8, 4) is 28.6 Å². The topological polar surface area (TPSA) is 120 Å². The van der Waals surface area contributed by atoms with Gasteiger partial charge in [0.2, 0.25) is 5.95 Å². The minimum Gasteiger partial charge on any atom is -0.494 e. The first-order chi connectivity index (χ1) is 18.4. The molecule has 1 aromatic carbocycles. The molecule has 10 nitrogen and oxygen atoms in total. The first-order valence-corrected chi connectivity index (χ1v) is 12.8. The Hall–Kier alpha value is -3.96. The fourth-order valence-corrected chi connectivity index (χ4v) is 4.13. The van der Waals surface area contributed by atoms with Crippen molar-refractivity contribution in [1.82, 2.24) is 29.7 Å². The number of pyridine rings is 1. The maximum atomic E-state index is 7.76. The Kier molecular flexibility index (Phi) is 10.6. The summed E-state index contributed by atoms with van der Waals surface area (Å²) in [7, 11) is 3.25. The van der Waals surface area contributed by atoms with Gasteiger partial charge in [-0.3, -0.25) is 14.3 Å². The molecular weight excluding hydrogens is 502 g/mol. The van der Waals surface area contributed by atoms with Crippen LogP contribution in [0, 0.1) is 13.8 Å². The molecule has 3 heterocycles. The van der Waals surface area contributed by atoms with Crippen LogP contribution in [0.2, 0.25) is 0 Å². The van der Waals surface area contributed by atoms with Gasteiger partial charge in [-0.15, -0.1) is 16.8 Å². The molecule has 3 aromatic heterocycles. The van der Waals surface area contributed by atoms with Gasteiger partial charge >= 0.3 is 0 Å². The van der Waals surface area contributed by atoms with E-state index in [-0.39, 0.29) is 11.9 Å². The lowest BCUT2D eigenvalue weighted by atomic mass is 10.2. The van der Waals surface area contributed by atoms with E-state index >= 15 is 0 Å². The normalized spacial score (nSPS) is 11.2. The van der Waals surface area contributed by atoms with Gasteiger partial charge in [0.15, 0.2) is 5.82 Å². The molecular formula is C27H33N7O3S. The highest BCUT2D eigenvalue weighted by molar-refractivity contribution is 8.01. The molecule has 0 aliphatic carbocycles. The molecule has 0 saturated carbocycles. The zero-order chi connectivity index (χ0) is 27.5. The number of nitrogens with one attached hydrogen (secondary N) is 1. The van der Waals surface area contributed by atoms with Crippen molar-refractivity contribution in [3.05, 3.63) is 78.7 Å². The molecule has 11 heteroatoms. The predicted molar refractivity (Wildman–Crippen MR) is 151 cm³/mol. The maximum absolute atomic E-state index is 7.76. The van der Waals surface area contributed by atoms with Crippen molar-refractivity contribution in [2.75, 3.05) is 25.5 Å². The Labute approximate surface area is 227 Å². The Morgan fingerprint density at radius 2 is 1.71 bits per heavy atom. The average Bonchev–Trinajstić information content (AvgIpc) is 3.36. The van der Waals surface area contributed by atoms with E-state index in [1.54, 1.807) is 26.6 Å². The Morgan fingerprint density at radius 3 is 2.29 bits per heavy atom. The summed E-state index contributed by atoms with van der Waals surface area (Å²) in [5.74, 6) is 3.23. The Morgan fingerprint density at radius 1 is 1.05 bits per heavy atom. The number of benzene rings is 1. The number of hydrogen-bond acceptors (Lipinski definition) is 10. The van der Waals surface area contributed by atoms with Gasteiger partial charge in [0, 0.05) is 42.0 Å². The predicted octanol–water partition coefficient (Wildman–Crippen LogP) is 4.61. The number of nitrogens with zero attached hydrogens (tertiary/aromatic N) is 6. The standard InChI is InChI=1S/C24H27N7O2S.C3H6O/c1-15-9-18(14-25-11-15)23-28-29-24(30-34-17(3)10-21-26-12-16(2)13-27-21)31(23)22-19(32-4)7-6-8-20(22)33-5;1-2-3-4/h6-9,11-14,17H,10H2,1-5H3,(H,29,30);2,4H,1,3H2. The summed E-state index contributed by atoms with van der Waals surface area (Å²) in [6.45, 7) is 9.39. The van der Waals surface area contributed by atoms with Crippen LogP contribution in [0.3, 0.4) is 0 Å². The summed E-state index contributed by atoms with van der Waals surface area (Å²) in [6, 6.07) is 7.66. The van der Waals surface area contributed by atoms with Gasteiger partial charge in [-0.25, -0.2) is 9.97 Å². The highest BCUT2D eigenvalue weighted by Gasteiger charge is 2.23. The van der Waals surface area contributed by atoms with Crippen LogP contribution in [-0.2, 0) is 6.42 Å². The van der Waals surface area contributed by atoms with Gasteiger partial charge in [0.25, 0.3) is 0 Å². The highest BCUT2D eigenvalue weighted by Crippen LogP contribution is 2.38. The number of rotatable bonds is 10. The molecule has 4 rings (SSSR count). The van der Waals surface area contributed by atoms with Crippen LogP contribution < -0.4 is 14.2 Å².